The number of carbonyl (C=O) groups excluding carboxylic acids is 1. The summed E-state index contributed by atoms with van der Waals surface area (Å²) in [6.07, 6.45) is -0.490. The number of para-hydroxylation sites is 1. The van der Waals surface area contributed by atoms with E-state index in [2.05, 4.69) is 4.74 Å². The van der Waals surface area contributed by atoms with Gasteiger partial charge in [0.25, 0.3) is 5.56 Å². The predicted octanol–water partition coefficient (Wildman–Crippen LogP) is 0.849. The molecule has 1 aromatic heterocycles. The minimum Gasteiger partial charge on any atom is -0.412 e. The van der Waals surface area contributed by atoms with E-state index in [9.17, 15) is 18.8 Å². The Bertz CT molecular complexity index is 723. The number of carbonyl (C=O) groups is 1. The number of halogens is 1. The number of hydrogen-bond donors (Lipinski definition) is 1. The first-order valence-corrected chi connectivity index (χ1v) is 5.45. The lowest BCUT2D eigenvalue weighted by Crippen LogP contribution is -2.37. The van der Waals surface area contributed by atoms with Crippen LogP contribution in [0.4, 0.5) is 9.18 Å². The Hall–Kier alpha value is -2.90. The molecular formula is C12H9FN2O5. The Morgan fingerprint density at radius 2 is 1.95 bits per heavy atom. The lowest BCUT2D eigenvalue weighted by molar-refractivity contribution is 0.0682. The van der Waals surface area contributed by atoms with E-state index in [1.54, 1.807) is 18.2 Å². The topological polar surface area (TPSA) is 90.4 Å². The van der Waals surface area contributed by atoms with Crippen LogP contribution in [0.1, 0.15) is 0 Å². The van der Waals surface area contributed by atoms with E-state index in [1.807, 2.05) is 4.98 Å². The van der Waals surface area contributed by atoms with Crippen molar-refractivity contribution in [2.45, 2.75) is 6.73 Å². The molecule has 0 aliphatic rings. The highest BCUT2D eigenvalue weighted by Crippen LogP contribution is 2.08. The van der Waals surface area contributed by atoms with Crippen molar-refractivity contribution in [1.29, 1.82) is 0 Å². The average Bonchev–Trinajstić information content (AvgIpc) is 2.44. The molecule has 0 saturated carbocycles. The fraction of sp³-hybridized carbons (Fsp3) is 0.0833. The Balaban J connectivity index is 2.03. The van der Waals surface area contributed by atoms with Gasteiger partial charge in [0.1, 0.15) is 5.75 Å². The summed E-state index contributed by atoms with van der Waals surface area (Å²) in [6.45, 7) is -0.752. The molecule has 7 nitrogen and oxygen atoms in total. The summed E-state index contributed by atoms with van der Waals surface area (Å²) in [7, 11) is 0. The number of hydrogen-bond acceptors (Lipinski definition) is 5. The molecule has 0 bridgehead atoms. The van der Waals surface area contributed by atoms with Crippen molar-refractivity contribution in [3.05, 3.63) is 63.2 Å². The number of aromatic amines is 1. The summed E-state index contributed by atoms with van der Waals surface area (Å²) < 4.78 is 22.7. The minimum absolute atomic E-state index is 0.234. The van der Waals surface area contributed by atoms with Crippen molar-refractivity contribution >= 4 is 6.16 Å². The zero-order valence-electron chi connectivity index (χ0n) is 10.0. The molecule has 0 radical (unpaired) electrons. The smallest absolute Gasteiger partial charge is 0.412 e. The number of rotatable bonds is 3. The van der Waals surface area contributed by atoms with Crippen LogP contribution in [-0.2, 0) is 11.5 Å². The molecule has 0 spiro atoms. The van der Waals surface area contributed by atoms with E-state index in [-0.39, 0.29) is 5.75 Å². The second-order valence-corrected chi connectivity index (χ2v) is 3.61. The van der Waals surface area contributed by atoms with Gasteiger partial charge in [0, 0.05) is 6.20 Å². The minimum atomic E-state index is -1.19. The van der Waals surface area contributed by atoms with Gasteiger partial charge in [-0.1, -0.05) is 18.2 Å². The molecule has 2 rings (SSSR count). The van der Waals surface area contributed by atoms with Crippen molar-refractivity contribution < 1.29 is 18.7 Å². The first-order valence-electron chi connectivity index (χ1n) is 5.45. The zero-order valence-corrected chi connectivity index (χ0v) is 10.0. The van der Waals surface area contributed by atoms with E-state index in [0.29, 0.717) is 10.8 Å². The van der Waals surface area contributed by atoms with Crippen LogP contribution in [0, 0.1) is 5.82 Å². The van der Waals surface area contributed by atoms with Gasteiger partial charge in [-0.3, -0.25) is 4.79 Å². The molecule has 0 fully saturated rings. The lowest BCUT2D eigenvalue weighted by atomic mass is 10.3. The van der Waals surface area contributed by atoms with Crippen LogP contribution >= 0.6 is 0 Å². The van der Waals surface area contributed by atoms with Gasteiger partial charge in [0.15, 0.2) is 6.73 Å². The number of benzene rings is 1. The van der Waals surface area contributed by atoms with E-state index in [1.165, 1.54) is 12.1 Å². The standard InChI is InChI=1S/C12H9FN2O5/c13-9-6-14-11(17)15(10(9)16)7-19-12(18)20-8-4-2-1-3-5-8/h1-6H,7H2,(H,14,17). The molecule has 1 aromatic carbocycles. The summed E-state index contributed by atoms with van der Waals surface area (Å²) in [5, 5.41) is 0. The highest BCUT2D eigenvalue weighted by molar-refractivity contribution is 5.63. The summed E-state index contributed by atoms with van der Waals surface area (Å²) in [4.78, 5) is 35.9. The molecule has 8 heteroatoms. The van der Waals surface area contributed by atoms with E-state index < -0.39 is 30.0 Å². The molecular weight excluding hydrogens is 271 g/mol. The third-order valence-corrected chi connectivity index (χ3v) is 2.27. The third-order valence-electron chi connectivity index (χ3n) is 2.27. The van der Waals surface area contributed by atoms with Crippen LogP contribution in [0.15, 0.2) is 46.1 Å². The first-order chi connectivity index (χ1) is 9.58. The summed E-state index contributed by atoms with van der Waals surface area (Å²) in [5.74, 6) is -0.928. The summed E-state index contributed by atoms with van der Waals surface area (Å²) in [5.41, 5.74) is -2.09. The van der Waals surface area contributed by atoms with Crippen LogP contribution < -0.4 is 16.0 Å². The van der Waals surface area contributed by atoms with Crippen LogP contribution in [0.25, 0.3) is 0 Å². The molecule has 2 aromatic rings. The molecule has 1 heterocycles. The molecule has 0 atom stereocenters. The fourth-order valence-electron chi connectivity index (χ4n) is 1.33. The van der Waals surface area contributed by atoms with Gasteiger partial charge in [0.05, 0.1) is 0 Å². The van der Waals surface area contributed by atoms with Crippen molar-refractivity contribution in [1.82, 2.24) is 9.55 Å². The van der Waals surface area contributed by atoms with Gasteiger partial charge in [-0.25, -0.2) is 14.2 Å². The van der Waals surface area contributed by atoms with Crippen molar-refractivity contribution in [3.63, 3.8) is 0 Å². The molecule has 0 aliphatic heterocycles. The SMILES string of the molecule is O=C(OCn1c(=O)[nH]cc(F)c1=O)Oc1ccccc1. The molecule has 20 heavy (non-hydrogen) atoms. The van der Waals surface area contributed by atoms with Crippen LogP contribution in [0.2, 0.25) is 0 Å². The van der Waals surface area contributed by atoms with Crippen LogP contribution in [0.5, 0.6) is 5.75 Å². The third kappa shape index (κ3) is 3.10. The largest absolute Gasteiger partial charge is 0.515 e. The maximum absolute atomic E-state index is 13.0. The van der Waals surface area contributed by atoms with Gasteiger partial charge < -0.3 is 14.5 Å². The quantitative estimate of drug-likeness (QED) is 0.665. The average molecular weight is 280 g/mol. The van der Waals surface area contributed by atoms with E-state index in [4.69, 9.17) is 4.74 Å². The zero-order chi connectivity index (χ0) is 14.5. The Morgan fingerprint density at radius 1 is 1.25 bits per heavy atom. The Morgan fingerprint density at radius 3 is 2.65 bits per heavy atom. The van der Waals surface area contributed by atoms with Gasteiger partial charge >= 0.3 is 11.8 Å². The maximum atomic E-state index is 13.0. The number of ether oxygens (including phenoxy) is 2. The van der Waals surface area contributed by atoms with Crippen molar-refractivity contribution in [2.75, 3.05) is 0 Å². The first kappa shape index (κ1) is 13.5. The van der Waals surface area contributed by atoms with Gasteiger partial charge in [-0.15, -0.1) is 0 Å². The van der Waals surface area contributed by atoms with E-state index in [0.717, 1.165) is 0 Å². The summed E-state index contributed by atoms with van der Waals surface area (Å²) in [6, 6.07) is 8.05. The second-order valence-electron chi connectivity index (χ2n) is 3.61. The maximum Gasteiger partial charge on any atom is 0.515 e. The highest BCUT2D eigenvalue weighted by atomic mass is 19.1. The molecule has 0 aliphatic carbocycles. The monoisotopic (exact) mass is 280 g/mol. The van der Waals surface area contributed by atoms with Gasteiger partial charge in [-0.2, -0.15) is 4.39 Å². The second kappa shape index (κ2) is 5.83. The highest BCUT2D eigenvalue weighted by Gasteiger charge is 2.10. The lowest BCUT2D eigenvalue weighted by Gasteiger charge is -2.06. The Kier molecular flexibility index (Phi) is 3.94. The molecule has 104 valence electrons. The van der Waals surface area contributed by atoms with Gasteiger partial charge in [-0.05, 0) is 12.1 Å². The fourth-order valence-corrected chi connectivity index (χ4v) is 1.33. The predicted molar refractivity (Wildman–Crippen MR) is 64.8 cm³/mol. The number of H-pyrrole nitrogens is 1. The summed E-state index contributed by atoms with van der Waals surface area (Å²) >= 11 is 0. The molecule has 0 unspecified atom stereocenters. The van der Waals surface area contributed by atoms with Crippen molar-refractivity contribution in [3.8, 4) is 5.75 Å². The molecule has 0 amide bonds. The van der Waals surface area contributed by atoms with Gasteiger partial charge in [0.2, 0.25) is 5.82 Å². The number of nitrogens with zero attached hydrogens (tertiary/aromatic N) is 1. The number of aromatic nitrogens is 2. The van der Waals surface area contributed by atoms with E-state index >= 15 is 0 Å². The molecule has 1 N–H and O–H groups in total. The number of nitrogens with one attached hydrogen (secondary N) is 1. The van der Waals surface area contributed by atoms with Crippen LogP contribution in [0.3, 0.4) is 0 Å². The Labute approximate surface area is 111 Å². The normalized spacial score (nSPS) is 10.1. The van der Waals surface area contributed by atoms with Crippen LogP contribution in [-0.4, -0.2) is 15.7 Å². The van der Waals surface area contributed by atoms with Crippen molar-refractivity contribution in [2.24, 2.45) is 0 Å². The molecule has 0 saturated heterocycles.